The molecule has 0 bridgehead atoms. The first-order valence-electron chi connectivity index (χ1n) is 10.6. The zero-order valence-corrected chi connectivity index (χ0v) is 19.9. The van der Waals surface area contributed by atoms with Crippen LogP contribution in [0.25, 0.3) is 6.08 Å². The molecule has 0 aliphatic carbocycles. The van der Waals surface area contributed by atoms with Gasteiger partial charge >= 0.3 is 0 Å². The molecule has 2 aliphatic heterocycles. The highest BCUT2D eigenvalue weighted by Crippen LogP contribution is 2.38. The number of carbonyl (C=O) groups excluding carboxylic acids is 1. The summed E-state index contributed by atoms with van der Waals surface area (Å²) < 4.78 is 11.7. The number of benzene rings is 2. The minimum absolute atomic E-state index is 0.0120. The highest BCUT2D eigenvalue weighted by molar-refractivity contribution is 8.26. The molecule has 0 saturated carbocycles. The van der Waals surface area contributed by atoms with E-state index in [9.17, 15) is 4.79 Å². The normalized spacial score (nSPS) is 16.6. The summed E-state index contributed by atoms with van der Waals surface area (Å²) >= 11 is 7.87. The van der Waals surface area contributed by atoms with Crippen LogP contribution < -0.4 is 9.47 Å². The van der Waals surface area contributed by atoms with Gasteiger partial charge in [-0.2, -0.15) is 15.1 Å². The number of carbonyl (C=O) groups is 1. The van der Waals surface area contributed by atoms with Gasteiger partial charge in [-0.05, 0) is 60.9 Å². The van der Waals surface area contributed by atoms with Gasteiger partial charge in [-0.3, -0.25) is 10.2 Å². The molecule has 4 rings (SSSR count). The minimum atomic E-state index is -0.481. The van der Waals surface area contributed by atoms with Crippen molar-refractivity contribution >= 4 is 51.4 Å². The number of nitrogens with zero attached hydrogens (tertiary/aromatic N) is 3. The lowest BCUT2D eigenvalue weighted by molar-refractivity contribution is -0.114. The molecule has 33 heavy (non-hydrogen) atoms. The van der Waals surface area contributed by atoms with Gasteiger partial charge in [0.25, 0.3) is 5.91 Å². The number of ether oxygens (including phenoxy) is 2. The number of amides is 1. The molecule has 2 heterocycles. The summed E-state index contributed by atoms with van der Waals surface area (Å²) in [4.78, 5) is 16.8. The van der Waals surface area contributed by atoms with Crippen LogP contribution in [0.5, 0.6) is 11.5 Å². The lowest BCUT2D eigenvalue weighted by atomic mass is 10.1. The van der Waals surface area contributed by atoms with Crippen molar-refractivity contribution in [2.75, 3.05) is 6.61 Å². The molecule has 0 unspecified atom stereocenters. The molecular formula is C24H23ClN4O3S. The van der Waals surface area contributed by atoms with Crippen LogP contribution >= 0.6 is 23.4 Å². The van der Waals surface area contributed by atoms with Gasteiger partial charge in [0, 0.05) is 0 Å². The van der Waals surface area contributed by atoms with E-state index in [1.807, 2.05) is 37.3 Å². The van der Waals surface area contributed by atoms with Crippen molar-refractivity contribution in [3.8, 4) is 11.5 Å². The van der Waals surface area contributed by atoms with Crippen LogP contribution in [0, 0.1) is 5.41 Å². The monoisotopic (exact) mass is 482 g/mol. The molecule has 2 aromatic carbocycles. The summed E-state index contributed by atoms with van der Waals surface area (Å²) in [6.07, 6.45) is 3.28. The largest absolute Gasteiger partial charge is 0.490 e. The molecule has 2 aliphatic rings. The highest BCUT2D eigenvalue weighted by Gasteiger charge is 2.35. The molecule has 0 spiro atoms. The van der Waals surface area contributed by atoms with Crippen molar-refractivity contribution in [2.45, 2.75) is 33.3 Å². The highest BCUT2D eigenvalue weighted by atomic mass is 35.5. The van der Waals surface area contributed by atoms with Gasteiger partial charge < -0.3 is 9.47 Å². The van der Waals surface area contributed by atoms with Crippen LogP contribution in [-0.4, -0.2) is 33.6 Å². The predicted molar refractivity (Wildman–Crippen MR) is 133 cm³/mol. The maximum atomic E-state index is 12.7. The molecule has 9 heteroatoms. The van der Waals surface area contributed by atoms with Gasteiger partial charge in [-0.1, -0.05) is 48.9 Å². The molecule has 0 fully saturated rings. The summed E-state index contributed by atoms with van der Waals surface area (Å²) in [6.45, 7) is 4.68. The summed E-state index contributed by atoms with van der Waals surface area (Å²) in [5.74, 6) is 0.402. The summed E-state index contributed by atoms with van der Waals surface area (Å²) in [7, 11) is 0. The van der Waals surface area contributed by atoms with Gasteiger partial charge in [0.05, 0.1) is 17.2 Å². The number of rotatable bonds is 8. The minimum Gasteiger partial charge on any atom is -0.490 e. The van der Waals surface area contributed by atoms with Crippen molar-refractivity contribution in [3.05, 3.63) is 64.2 Å². The Morgan fingerprint density at radius 2 is 1.97 bits per heavy atom. The topological polar surface area (TPSA) is 87.3 Å². The van der Waals surface area contributed by atoms with Crippen molar-refractivity contribution in [3.63, 3.8) is 0 Å². The average Bonchev–Trinajstić information content (AvgIpc) is 3.20. The fourth-order valence-electron chi connectivity index (χ4n) is 3.32. The van der Waals surface area contributed by atoms with E-state index in [-0.39, 0.29) is 11.4 Å². The molecule has 1 amide bonds. The fraction of sp³-hybridized carbons (Fsp3) is 0.250. The Morgan fingerprint density at radius 1 is 1.18 bits per heavy atom. The summed E-state index contributed by atoms with van der Waals surface area (Å²) in [5, 5.41) is 16.0. The van der Waals surface area contributed by atoms with Crippen LogP contribution in [0.3, 0.4) is 0 Å². The third-order valence-electron chi connectivity index (χ3n) is 4.83. The van der Waals surface area contributed by atoms with E-state index in [1.165, 1.54) is 16.8 Å². The number of thioether (sulfide) groups is 1. The second kappa shape index (κ2) is 10.2. The maximum absolute atomic E-state index is 12.7. The van der Waals surface area contributed by atoms with E-state index in [0.29, 0.717) is 40.5 Å². The number of hydrogen-bond acceptors (Lipinski definition) is 6. The van der Waals surface area contributed by atoms with Crippen LogP contribution in [0.2, 0.25) is 5.02 Å². The van der Waals surface area contributed by atoms with Crippen LogP contribution in [-0.2, 0) is 11.4 Å². The maximum Gasteiger partial charge on any atom is 0.283 e. The zero-order chi connectivity index (χ0) is 23.4. The third kappa shape index (κ3) is 5.12. The standard InChI is InChI=1S/C24H23ClN4O3S/c1-3-8-20-28-29-22(26)17(23(30)27-24(29)33-20)11-16-12-18(25)21(19(13-16)31-4-2)32-14-15-9-6-5-7-10-15/h5-7,9-13,26H,3-4,8,14H2,1-2H3. The quantitative estimate of drug-likeness (QED) is 0.485. The summed E-state index contributed by atoms with van der Waals surface area (Å²) in [5.41, 5.74) is 1.74. The van der Waals surface area contributed by atoms with Crippen LogP contribution in [0.15, 0.2) is 58.1 Å². The van der Waals surface area contributed by atoms with Crippen LogP contribution in [0.1, 0.15) is 37.8 Å². The number of aliphatic imine (C=N–C) groups is 1. The first kappa shape index (κ1) is 23.1. The van der Waals surface area contributed by atoms with Crippen molar-refractivity contribution in [2.24, 2.45) is 10.1 Å². The Kier molecular flexibility index (Phi) is 7.15. The van der Waals surface area contributed by atoms with E-state index in [0.717, 1.165) is 23.4 Å². The van der Waals surface area contributed by atoms with E-state index in [1.54, 1.807) is 18.2 Å². The Hall–Kier alpha value is -3.10. The van der Waals surface area contributed by atoms with Crippen LogP contribution in [0.4, 0.5) is 0 Å². The van der Waals surface area contributed by atoms with Gasteiger partial charge in [0.2, 0.25) is 5.17 Å². The molecule has 7 nitrogen and oxygen atoms in total. The number of nitrogens with one attached hydrogen (secondary N) is 1. The number of halogens is 1. The van der Waals surface area contributed by atoms with Crippen molar-refractivity contribution in [1.82, 2.24) is 5.01 Å². The number of fused-ring (bicyclic) bond motifs is 1. The first-order chi connectivity index (χ1) is 16.0. The molecule has 0 atom stereocenters. The molecular weight excluding hydrogens is 460 g/mol. The lowest BCUT2D eigenvalue weighted by Gasteiger charge is -2.20. The van der Waals surface area contributed by atoms with Gasteiger partial charge in [0.15, 0.2) is 17.3 Å². The van der Waals surface area contributed by atoms with Crippen molar-refractivity contribution < 1.29 is 14.3 Å². The Morgan fingerprint density at radius 3 is 2.70 bits per heavy atom. The van der Waals surface area contributed by atoms with Gasteiger partial charge in [0.1, 0.15) is 11.7 Å². The zero-order valence-electron chi connectivity index (χ0n) is 18.3. The Balaban J connectivity index is 1.62. The molecule has 1 N–H and O–H groups in total. The fourth-order valence-corrected chi connectivity index (χ4v) is 4.58. The second-order valence-corrected chi connectivity index (χ2v) is 8.75. The first-order valence-corrected chi connectivity index (χ1v) is 11.8. The summed E-state index contributed by atoms with van der Waals surface area (Å²) in [6, 6.07) is 13.2. The Bertz CT molecular complexity index is 1180. The lowest BCUT2D eigenvalue weighted by Crippen LogP contribution is -2.35. The SMILES string of the molecule is CCCC1=NN2C(=N)C(=Cc3cc(Cl)c(OCc4ccccc4)c(OCC)c3)C(=O)N=C2S1. The molecule has 170 valence electrons. The smallest absolute Gasteiger partial charge is 0.283 e. The number of hydrogen-bond donors (Lipinski definition) is 1. The second-order valence-electron chi connectivity index (χ2n) is 7.30. The average molecular weight is 483 g/mol. The molecule has 0 saturated heterocycles. The third-order valence-corrected chi connectivity index (χ3v) is 6.08. The molecule has 0 aromatic heterocycles. The predicted octanol–water partition coefficient (Wildman–Crippen LogP) is 5.74. The van der Waals surface area contributed by atoms with Gasteiger partial charge in [-0.15, -0.1) is 0 Å². The Labute approximate surface area is 201 Å². The molecule has 2 aromatic rings. The van der Waals surface area contributed by atoms with E-state index in [4.69, 9.17) is 26.5 Å². The number of amidine groups is 2. The van der Waals surface area contributed by atoms with E-state index < -0.39 is 5.91 Å². The van der Waals surface area contributed by atoms with E-state index in [2.05, 4.69) is 17.0 Å². The van der Waals surface area contributed by atoms with E-state index >= 15 is 0 Å². The van der Waals surface area contributed by atoms with Gasteiger partial charge in [-0.25, -0.2) is 0 Å². The molecule has 0 radical (unpaired) electrons. The van der Waals surface area contributed by atoms with Crippen molar-refractivity contribution in [1.29, 1.82) is 5.41 Å². The number of hydrazone groups is 1.